The van der Waals surface area contributed by atoms with E-state index in [1.165, 1.54) is 50.0 Å². The lowest BCUT2D eigenvalue weighted by molar-refractivity contribution is 0.373. The predicted octanol–water partition coefficient (Wildman–Crippen LogP) is 3.45. The van der Waals surface area contributed by atoms with E-state index in [1.54, 1.807) is 0 Å². The van der Waals surface area contributed by atoms with E-state index in [0.29, 0.717) is 0 Å². The average molecular weight is 283 g/mol. The molecule has 3 rings (SSSR count). The number of piperidine rings is 1. The van der Waals surface area contributed by atoms with Crippen LogP contribution in [-0.2, 0) is 0 Å². The van der Waals surface area contributed by atoms with E-state index in [2.05, 4.69) is 52.5 Å². The smallest absolute Gasteiger partial charge is 0.0722 e. The maximum absolute atomic E-state index is 4.49. The van der Waals surface area contributed by atoms with E-state index in [4.69, 9.17) is 0 Å². The van der Waals surface area contributed by atoms with Crippen molar-refractivity contribution in [1.82, 2.24) is 10.3 Å². The first-order chi connectivity index (χ1) is 10.4. The molecule has 0 amide bonds. The van der Waals surface area contributed by atoms with Crippen LogP contribution in [0.5, 0.6) is 0 Å². The lowest BCUT2D eigenvalue weighted by Gasteiger charge is -2.32. The number of aromatic nitrogens is 1. The van der Waals surface area contributed by atoms with Crippen LogP contribution in [0.2, 0.25) is 0 Å². The maximum Gasteiger partial charge on any atom is 0.0722 e. The molecule has 1 saturated heterocycles. The summed E-state index contributed by atoms with van der Waals surface area (Å²) >= 11 is 0. The second-order valence-corrected chi connectivity index (χ2v) is 5.99. The van der Waals surface area contributed by atoms with Crippen LogP contribution in [0, 0.1) is 5.92 Å². The number of rotatable bonds is 5. The van der Waals surface area contributed by atoms with Crippen molar-refractivity contribution in [3.8, 4) is 0 Å². The van der Waals surface area contributed by atoms with Gasteiger partial charge in [0, 0.05) is 30.4 Å². The number of hydrogen-bond acceptors (Lipinski definition) is 3. The van der Waals surface area contributed by atoms with Gasteiger partial charge in [0.1, 0.15) is 0 Å². The zero-order valence-corrected chi connectivity index (χ0v) is 12.9. The minimum Gasteiger partial charge on any atom is -0.371 e. The second kappa shape index (κ2) is 6.90. The Balaban J connectivity index is 1.87. The number of benzene rings is 1. The van der Waals surface area contributed by atoms with Crippen LogP contribution < -0.4 is 10.2 Å². The SMILES string of the molecule is CCCN(CC1CCNCC1)c1ccnc2ccccc12. The van der Waals surface area contributed by atoms with E-state index in [1.807, 2.05) is 6.20 Å². The number of nitrogens with one attached hydrogen (secondary N) is 1. The molecule has 1 N–H and O–H groups in total. The first kappa shape index (κ1) is 14.3. The Hall–Kier alpha value is -1.61. The lowest BCUT2D eigenvalue weighted by Crippen LogP contribution is -2.36. The van der Waals surface area contributed by atoms with Crippen molar-refractivity contribution in [3.05, 3.63) is 36.5 Å². The normalized spacial score (nSPS) is 16.2. The lowest BCUT2D eigenvalue weighted by atomic mass is 9.97. The Labute approximate surface area is 127 Å². The molecule has 0 aliphatic carbocycles. The first-order valence-corrected chi connectivity index (χ1v) is 8.18. The zero-order valence-electron chi connectivity index (χ0n) is 12.9. The Kier molecular flexibility index (Phi) is 4.71. The molecule has 3 nitrogen and oxygen atoms in total. The third-order valence-electron chi connectivity index (χ3n) is 4.40. The molecular weight excluding hydrogens is 258 g/mol. The summed E-state index contributed by atoms with van der Waals surface area (Å²) in [7, 11) is 0. The molecule has 2 heterocycles. The van der Waals surface area contributed by atoms with Crippen LogP contribution in [0.4, 0.5) is 5.69 Å². The summed E-state index contributed by atoms with van der Waals surface area (Å²) in [6.07, 6.45) is 5.72. The van der Waals surface area contributed by atoms with Gasteiger partial charge in [-0.3, -0.25) is 4.98 Å². The summed E-state index contributed by atoms with van der Waals surface area (Å²) in [5.74, 6) is 0.810. The van der Waals surface area contributed by atoms with E-state index in [0.717, 1.165) is 18.0 Å². The molecule has 0 saturated carbocycles. The topological polar surface area (TPSA) is 28.2 Å². The molecule has 1 aliphatic heterocycles. The van der Waals surface area contributed by atoms with Gasteiger partial charge in [-0.25, -0.2) is 0 Å². The fraction of sp³-hybridized carbons (Fsp3) is 0.500. The fourth-order valence-electron chi connectivity index (χ4n) is 3.31. The highest BCUT2D eigenvalue weighted by atomic mass is 15.1. The maximum atomic E-state index is 4.49. The number of pyridine rings is 1. The van der Waals surface area contributed by atoms with Gasteiger partial charge < -0.3 is 10.2 Å². The van der Waals surface area contributed by atoms with E-state index in [-0.39, 0.29) is 0 Å². The monoisotopic (exact) mass is 283 g/mol. The van der Waals surface area contributed by atoms with Gasteiger partial charge in [0.05, 0.1) is 5.52 Å². The Bertz CT molecular complexity index is 570. The van der Waals surface area contributed by atoms with Gasteiger partial charge in [-0.05, 0) is 50.4 Å². The standard InChI is InChI=1S/C18H25N3/c1-2-13-21(14-15-7-10-19-11-8-15)18-9-12-20-17-6-4-3-5-16(17)18/h3-6,9,12,15,19H,2,7-8,10-11,13-14H2,1H3. The van der Waals surface area contributed by atoms with Gasteiger partial charge in [0.25, 0.3) is 0 Å². The highest BCUT2D eigenvalue weighted by molar-refractivity contribution is 5.91. The van der Waals surface area contributed by atoms with Crippen LogP contribution in [0.3, 0.4) is 0 Å². The van der Waals surface area contributed by atoms with Crippen molar-refractivity contribution in [2.75, 3.05) is 31.1 Å². The largest absolute Gasteiger partial charge is 0.371 e. The van der Waals surface area contributed by atoms with Gasteiger partial charge in [-0.1, -0.05) is 25.1 Å². The third-order valence-corrected chi connectivity index (χ3v) is 4.40. The minimum absolute atomic E-state index is 0.810. The van der Waals surface area contributed by atoms with Gasteiger partial charge in [0.15, 0.2) is 0 Å². The number of anilines is 1. The van der Waals surface area contributed by atoms with E-state index >= 15 is 0 Å². The van der Waals surface area contributed by atoms with Gasteiger partial charge in [-0.15, -0.1) is 0 Å². The quantitative estimate of drug-likeness (QED) is 0.911. The molecule has 1 aromatic heterocycles. The van der Waals surface area contributed by atoms with Crippen molar-refractivity contribution in [1.29, 1.82) is 0 Å². The Morgan fingerprint density at radius 1 is 1.19 bits per heavy atom. The average Bonchev–Trinajstić information content (AvgIpc) is 2.55. The molecule has 0 unspecified atom stereocenters. The molecule has 1 aromatic carbocycles. The molecule has 0 atom stereocenters. The number of hydrogen-bond donors (Lipinski definition) is 1. The van der Waals surface area contributed by atoms with Crippen LogP contribution >= 0.6 is 0 Å². The summed E-state index contributed by atoms with van der Waals surface area (Å²) in [6, 6.07) is 10.7. The summed E-state index contributed by atoms with van der Waals surface area (Å²) in [4.78, 5) is 7.06. The summed E-state index contributed by atoms with van der Waals surface area (Å²) in [5, 5.41) is 4.74. The van der Waals surface area contributed by atoms with Crippen LogP contribution in [0.25, 0.3) is 10.9 Å². The van der Waals surface area contributed by atoms with Crippen LogP contribution in [0.1, 0.15) is 26.2 Å². The van der Waals surface area contributed by atoms with Gasteiger partial charge >= 0.3 is 0 Å². The minimum atomic E-state index is 0.810. The number of para-hydroxylation sites is 1. The van der Waals surface area contributed by atoms with Crippen LogP contribution in [-0.4, -0.2) is 31.2 Å². The molecule has 0 spiro atoms. The van der Waals surface area contributed by atoms with E-state index < -0.39 is 0 Å². The summed E-state index contributed by atoms with van der Waals surface area (Å²) < 4.78 is 0. The molecular formula is C18H25N3. The van der Waals surface area contributed by atoms with Crippen molar-refractivity contribution >= 4 is 16.6 Å². The number of fused-ring (bicyclic) bond motifs is 1. The van der Waals surface area contributed by atoms with Crippen LogP contribution in [0.15, 0.2) is 36.5 Å². The van der Waals surface area contributed by atoms with Crippen molar-refractivity contribution in [2.45, 2.75) is 26.2 Å². The Morgan fingerprint density at radius 3 is 2.81 bits per heavy atom. The van der Waals surface area contributed by atoms with E-state index in [9.17, 15) is 0 Å². The zero-order chi connectivity index (χ0) is 14.5. The molecule has 112 valence electrons. The molecule has 0 radical (unpaired) electrons. The molecule has 21 heavy (non-hydrogen) atoms. The molecule has 1 aliphatic rings. The highest BCUT2D eigenvalue weighted by Gasteiger charge is 2.18. The van der Waals surface area contributed by atoms with Crippen molar-refractivity contribution in [2.24, 2.45) is 5.92 Å². The third kappa shape index (κ3) is 3.35. The van der Waals surface area contributed by atoms with Crippen molar-refractivity contribution < 1.29 is 0 Å². The predicted molar refractivity (Wildman–Crippen MR) is 89.8 cm³/mol. The van der Waals surface area contributed by atoms with Gasteiger partial charge in [0.2, 0.25) is 0 Å². The first-order valence-electron chi connectivity index (χ1n) is 8.18. The highest BCUT2D eigenvalue weighted by Crippen LogP contribution is 2.27. The second-order valence-electron chi connectivity index (χ2n) is 5.99. The molecule has 2 aromatic rings. The molecule has 1 fully saturated rings. The molecule has 0 bridgehead atoms. The fourth-order valence-corrected chi connectivity index (χ4v) is 3.31. The van der Waals surface area contributed by atoms with Gasteiger partial charge in [-0.2, -0.15) is 0 Å². The summed E-state index contributed by atoms with van der Waals surface area (Å²) in [6.45, 7) is 6.89. The number of nitrogens with zero attached hydrogens (tertiary/aromatic N) is 2. The Morgan fingerprint density at radius 2 is 2.00 bits per heavy atom. The summed E-state index contributed by atoms with van der Waals surface area (Å²) in [5.41, 5.74) is 2.45. The van der Waals surface area contributed by atoms with Crippen molar-refractivity contribution in [3.63, 3.8) is 0 Å². The molecule has 3 heteroatoms.